The third kappa shape index (κ3) is 2.34. The first-order valence-corrected chi connectivity index (χ1v) is 6.13. The van der Waals surface area contributed by atoms with E-state index in [1.807, 2.05) is 10.6 Å². The van der Waals surface area contributed by atoms with Gasteiger partial charge in [0.05, 0.1) is 6.33 Å². The van der Waals surface area contributed by atoms with E-state index >= 15 is 0 Å². The molecule has 0 fully saturated rings. The molecule has 17 heavy (non-hydrogen) atoms. The molecule has 0 aliphatic rings. The predicted octanol–water partition coefficient (Wildman–Crippen LogP) is 3.04. The Balaban J connectivity index is 2.52. The summed E-state index contributed by atoms with van der Waals surface area (Å²) in [5, 5.41) is 0. The van der Waals surface area contributed by atoms with Crippen molar-refractivity contribution in [2.45, 2.75) is 26.3 Å². The largest absolute Gasteiger partial charge is 0.383 e. The maximum absolute atomic E-state index is 6.13. The van der Waals surface area contributed by atoms with Crippen molar-refractivity contribution in [2.24, 2.45) is 0 Å². The Bertz CT molecular complexity index is 540. The van der Waals surface area contributed by atoms with Gasteiger partial charge in [-0.05, 0) is 42.8 Å². The number of halogens is 1. The fourth-order valence-corrected chi connectivity index (χ4v) is 2.02. The van der Waals surface area contributed by atoms with Gasteiger partial charge < -0.3 is 10.3 Å². The van der Waals surface area contributed by atoms with Crippen LogP contribution >= 0.6 is 15.9 Å². The average molecular weight is 295 g/mol. The fraction of sp³-hybridized carbons (Fsp3) is 0.333. The first-order valence-electron chi connectivity index (χ1n) is 5.34. The minimum absolute atomic E-state index is 0.0746. The molecule has 2 aromatic heterocycles. The maximum Gasteiger partial charge on any atom is 0.132 e. The van der Waals surface area contributed by atoms with Crippen LogP contribution < -0.4 is 5.73 Å². The molecule has 0 aromatic carbocycles. The lowest BCUT2D eigenvalue weighted by Crippen LogP contribution is -2.22. The first-order chi connectivity index (χ1) is 7.89. The molecular weight excluding hydrogens is 280 g/mol. The number of rotatable bonds is 1. The maximum atomic E-state index is 6.13. The van der Waals surface area contributed by atoms with E-state index in [1.165, 1.54) is 0 Å². The summed E-state index contributed by atoms with van der Waals surface area (Å²) in [4.78, 5) is 8.49. The Morgan fingerprint density at radius 1 is 1.29 bits per heavy atom. The quantitative estimate of drug-likeness (QED) is 0.879. The van der Waals surface area contributed by atoms with Crippen LogP contribution in [0.25, 0.3) is 11.3 Å². The lowest BCUT2D eigenvalue weighted by molar-refractivity contribution is 0.402. The van der Waals surface area contributed by atoms with Gasteiger partial charge in [-0.2, -0.15) is 0 Å². The monoisotopic (exact) mass is 294 g/mol. The lowest BCUT2D eigenvalue weighted by atomic mass is 10.1. The number of imidazole rings is 1. The highest BCUT2D eigenvalue weighted by atomic mass is 79.9. The first kappa shape index (κ1) is 12.1. The fourth-order valence-electron chi connectivity index (χ4n) is 1.66. The van der Waals surface area contributed by atoms with E-state index < -0.39 is 0 Å². The van der Waals surface area contributed by atoms with Crippen LogP contribution in [-0.4, -0.2) is 14.5 Å². The highest BCUT2D eigenvalue weighted by Gasteiger charge is 2.19. The summed E-state index contributed by atoms with van der Waals surface area (Å²) in [5.41, 5.74) is 7.74. The lowest BCUT2D eigenvalue weighted by Gasteiger charge is -2.22. The van der Waals surface area contributed by atoms with E-state index in [0.717, 1.165) is 15.7 Å². The molecule has 0 unspecified atom stereocenters. The van der Waals surface area contributed by atoms with Crippen LogP contribution in [0.15, 0.2) is 29.3 Å². The highest BCUT2D eigenvalue weighted by Crippen LogP contribution is 2.29. The summed E-state index contributed by atoms with van der Waals surface area (Å²) in [6, 6.07) is 1.96. The predicted molar refractivity (Wildman–Crippen MR) is 72.6 cm³/mol. The van der Waals surface area contributed by atoms with Crippen LogP contribution in [0.3, 0.4) is 0 Å². The van der Waals surface area contributed by atoms with Crippen LogP contribution in [0, 0.1) is 0 Å². The van der Waals surface area contributed by atoms with Crippen molar-refractivity contribution in [1.82, 2.24) is 14.5 Å². The molecule has 4 nitrogen and oxygen atoms in total. The topological polar surface area (TPSA) is 56.7 Å². The van der Waals surface area contributed by atoms with Crippen molar-refractivity contribution < 1.29 is 0 Å². The van der Waals surface area contributed by atoms with E-state index in [9.17, 15) is 0 Å². The molecule has 0 saturated heterocycles. The number of aromatic nitrogens is 3. The number of hydrogen-bond donors (Lipinski definition) is 1. The molecule has 0 radical (unpaired) electrons. The van der Waals surface area contributed by atoms with Crippen molar-refractivity contribution in [1.29, 1.82) is 0 Å². The SMILES string of the molecule is CC(C)(C)n1cnc(-c2cncc(Br)c2)c1N. The van der Waals surface area contributed by atoms with E-state index in [-0.39, 0.29) is 5.54 Å². The van der Waals surface area contributed by atoms with E-state index in [1.54, 1.807) is 18.7 Å². The molecule has 0 aliphatic heterocycles. The third-order valence-corrected chi connectivity index (χ3v) is 2.94. The van der Waals surface area contributed by atoms with Crippen LogP contribution in [-0.2, 0) is 5.54 Å². The number of hydrogen-bond acceptors (Lipinski definition) is 3. The Morgan fingerprint density at radius 3 is 2.53 bits per heavy atom. The van der Waals surface area contributed by atoms with Crippen LogP contribution in [0.1, 0.15) is 20.8 Å². The van der Waals surface area contributed by atoms with Crippen molar-refractivity contribution in [3.8, 4) is 11.3 Å². The second kappa shape index (κ2) is 4.14. The number of nitrogens with zero attached hydrogens (tertiary/aromatic N) is 3. The summed E-state index contributed by atoms with van der Waals surface area (Å²) in [7, 11) is 0. The van der Waals surface area contributed by atoms with Gasteiger partial charge in [-0.15, -0.1) is 0 Å². The van der Waals surface area contributed by atoms with Crippen LogP contribution in [0.5, 0.6) is 0 Å². The third-order valence-electron chi connectivity index (χ3n) is 2.51. The van der Waals surface area contributed by atoms with Crippen molar-refractivity contribution in [2.75, 3.05) is 5.73 Å². The van der Waals surface area contributed by atoms with Gasteiger partial charge in [0.2, 0.25) is 0 Å². The minimum Gasteiger partial charge on any atom is -0.383 e. The molecule has 0 spiro atoms. The zero-order chi connectivity index (χ0) is 12.6. The van der Waals surface area contributed by atoms with Gasteiger partial charge in [-0.1, -0.05) is 0 Å². The van der Waals surface area contributed by atoms with Gasteiger partial charge in [0.1, 0.15) is 11.5 Å². The molecule has 2 rings (SSSR count). The van der Waals surface area contributed by atoms with Gasteiger partial charge in [-0.3, -0.25) is 4.98 Å². The smallest absolute Gasteiger partial charge is 0.132 e. The number of anilines is 1. The molecule has 2 heterocycles. The van der Waals surface area contributed by atoms with E-state index in [0.29, 0.717) is 5.82 Å². The van der Waals surface area contributed by atoms with Crippen LogP contribution in [0.2, 0.25) is 0 Å². The van der Waals surface area contributed by atoms with Gasteiger partial charge in [-0.25, -0.2) is 4.98 Å². The molecular formula is C12H15BrN4. The van der Waals surface area contributed by atoms with Gasteiger partial charge >= 0.3 is 0 Å². The summed E-state index contributed by atoms with van der Waals surface area (Å²) >= 11 is 3.39. The Hall–Kier alpha value is -1.36. The second-order valence-electron chi connectivity index (χ2n) is 4.91. The molecule has 2 N–H and O–H groups in total. The minimum atomic E-state index is -0.0746. The molecule has 0 bridgehead atoms. The standard InChI is InChI=1S/C12H15BrN4/c1-12(2,3)17-7-16-10(11(17)14)8-4-9(13)6-15-5-8/h4-7H,14H2,1-3H3. The van der Waals surface area contributed by atoms with Gasteiger partial charge in [0, 0.05) is 28.0 Å². The molecule has 5 heteroatoms. The second-order valence-corrected chi connectivity index (χ2v) is 5.83. The van der Waals surface area contributed by atoms with Crippen molar-refractivity contribution in [3.63, 3.8) is 0 Å². The van der Waals surface area contributed by atoms with Crippen LogP contribution in [0.4, 0.5) is 5.82 Å². The van der Waals surface area contributed by atoms with E-state index in [2.05, 4.69) is 46.7 Å². The van der Waals surface area contributed by atoms with Crippen molar-refractivity contribution in [3.05, 3.63) is 29.3 Å². The average Bonchev–Trinajstić information content (AvgIpc) is 2.59. The Kier molecular flexibility index (Phi) is 2.95. The molecule has 0 amide bonds. The van der Waals surface area contributed by atoms with Gasteiger partial charge in [0.15, 0.2) is 0 Å². The Labute approximate surface area is 109 Å². The number of nitrogens with two attached hydrogens (primary N) is 1. The Morgan fingerprint density at radius 2 is 2.00 bits per heavy atom. The zero-order valence-electron chi connectivity index (χ0n) is 10.1. The summed E-state index contributed by atoms with van der Waals surface area (Å²) in [5.74, 6) is 0.664. The van der Waals surface area contributed by atoms with Crippen molar-refractivity contribution >= 4 is 21.7 Å². The molecule has 0 saturated carbocycles. The molecule has 90 valence electrons. The molecule has 0 aliphatic carbocycles. The number of pyridine rings is 1. The number of nitrogen functional groups attached to an aromatic ring is 1. The molecule has 2 aromatic rings. The normalized spacial score (nSPS) is 11.8. The summed E-state index contributed by atoms with van der Waals surface area (Å²) in [6.45, 7) is 6.27. The molecule has 0 atom stereocenters. The summed E-state index contributed by atoms with van der Waals surface area (Å²) in [6.07, 6.45) is 5.27. The zero-order valence-corrected chi connectivity index (χ0v) is 11.7. The van der Waals surface area contributed by atoms with E-state index in [4.69, 9.17) is 5.73 Å². The van der Waals surface area contributed by atoms with Gasteiger partial charge in [0.25, 0.3) is 0 Å². The summed E-state index contributed by atoms with van der Waals surface area (Å²) < 4.78 is 2.88. The highest BCUT2D eigenvalue weighted by molar-refractivity contribution is 9.10.